The molecule has 0 unspecified atom stereocenters. The fourth-order valence-electron chi connectivity index (χ4n) is 5.86. The molecule has 0 fully saturated rings. The number of urea groups is 2. The fourth-order valence-corrected chi connectivity index (χ4v) is 8.67. The summed E-state index contributed by atoms with van der Waals surface area (Å²) in [6.07, 6.45) is -5.60. The number of anilines is 3. The Morgan fingerprint density at radius 1 is 0.810 bits per heavy atom. The van der Waals surface area contributed by atoms with E-state index in [-0.39, 0.29) is 68.8 Å². The number of methoxy groups -OCH3 is 3. The van der Waals surface area contributed by atoms with E-state index in [1.807, 2.05) is 6.07 Å². The highest BCUT2D eigenvalue weighted by Crippen LogP contribution is 2.39. The number of nitrogens with two attached hydrogens (primary N) is 1. The van der Waals surface area contributed by atoms with Crippen LogP contribution in [0.2, 0.25) is 5.02 Å². The van der Waals surface area contributed by atoms with Crippen LogP contribution >= 0.6 is 19.2 Å². The number of carboxylic acids is 1. The quantitative estimate of drug-likeness (QED) is 0.0229. The number of carboxylic acid groups (broad SMARTS) is 1. The lowest BCUT2D eigenvalue weighted by Crippen LogP contribution is -2.36. The van der Waals surface area contributed by atoms with Crippen molar-refractivity contribution in [2.45, 2.75) is 35.9 Å². The zero-order chi connectivity index (χ0) is 63.2. The number of nitro groups is 1. The Labute approximate surface area is 479 Å². The molecule has 3 aromatic carbocycles. The second-order valence-electron chi connectivity index (χ2n) is 16.0. The van der Waals surface area contributed by atoms with Crippen LogP contribution in [0.15, 0.2) is 101 Å². The summed E-state index contributed by atoms with van der Waals surface area (Å²) in [6, 6.07) is 18.3. The summed E-state index contributed by atoms with van der Waals surface area (Å²) in [7, 11) is -6.09. The number of hydrogen-bond donors (Lipinski definition) is 9. The monoisotopic (exact) mass is 1260 g/mol. The van der Waals surface area contributed by atoms with E-state index in [4.69, 9.17) is 51.2 Å². The molecule has 0 aliphatic carbocycles. The third-order valence-electron chi connectivity index (χ3n) is 9.40. The first kappa shape index (κ1) is 69.1. The maximum absolute atomic E-state index is 12.5. The summed E-state index contributed by atoms with van der Waals surface area (Å²) in [5, 5.41) is 24.4. The lowest BCUT2D eigenvalue weighted by Gasteiger charge is -2.14. The van der Waals surface area contributed by atoms with Crippen LogP contribution in [0.3, 0.4) is 0 Å². The maximum Gasteiger partial charge on any atom is 0.389 e. The van der Waals surface area contributed by atoms with Crippen molar-refractivity contribution in [3.63, 3.8) is 0 Å². The van der Waals surface area contributed by atoms with E-state index in [9.17, 15) is 63.9 Å². The van der Waals surface area contributed by atoms with E-state index in [1.165, 1.54) is 102 Å². The van der Waals surface area contributed by atoms with Gasteiger partial charge in [0.05, 0.1) is 55.6 Å². The van der Waals surface area contributed by atoms with Crippen molar-refractivity contribution < 1.29 is 92.5 Å². The van der Waals surface area contributed by atoms with E-state index in [0.29, 0.717) is 5.75 Å². The number of aromatic nitrogens is 6. The van der Waals surface area contributed by atoms with Gasteiger partial charge < -0.3 is 44.5 Å². The highest BCUT2D eigenvalue weighted by molar-refractivity contribution is 7.90. The number of nitrogens with one attached hydrogen (secondary N) is 5. The molecule has 84 heavy (non-hydrogen) atoms. The lowest BCUT2D eigenvalue weighted by atomic mass is 10.1. The van der Waals surface area contributed by atoms with Crippen LogP contribution in [0.5, 0.6) is 29.3 Å². The number of sulfonamides is 2. The van der Waals surface area contributed by atoms with Gasteiger partial charge in [0.15, 0.2) is 5.03 Å². The Kier molecular flexibility index (Phi) is 25.8. The molecule has 39 heteroatoms. The number of pyridine rings is 1. The molecule has 6 aromatic rings. The van der Waals surface area contributed by atoms with Gasteiger partial charge in [0, 0.05) is 32.8 Å². The molecule has 0 saturated heterocycles. The predicted molar refractivity (Wildman–Crippen MR) is 290 cm³/mol. The molecule has 0 spiro atoms. The third-order valence-corrected chi connectivity index (χ3v) is 13.1. The summed E-state index contributed by atoms with van der Waals surface area (Å²) in [4.78, 5) is 96.1. The molecule has 0 aliphatic rings. The first-order valence-corrected chi connectivity index (χ1v) is 28.0. The second kappa shape index (κ2) is 31.3. The average molecular weight is 1260 g/mol. The smallest absolute Gasteiger partial charge is 0.389 e. The van der Waals surface area contributed by atoms with Crippen LogP contribution in [0.25, 0.3) is 0 Å². The van der Waals surface area contributed by atoms with E-state index in [2.05, 4.69) is 45.9 Å². The number of nitro benzene ring substituents is 1. The van der Waals surface area contributed by atoms with Gasteiger partial charge in [0.2, 0.25) is 23.7 Å². The number of aryl methyl sites for hydroxylation is 2. The minimum Gasteiger partial charge on any atom is -0.481 e. The first-order valence-electron chi connectivity index (χ1n) is 22.8. The van der Waals surface area contributed by atoms with Gasteiger partial charge in [0.25, 0.3) is 31.6 Å². The van der Waals surface area contributed by atoms with Crippen molar-refractivity contribution in [1.29, 1.82) is 0 Å². The number of amides is 5. The normalized spacial score (nSPS) is 11.0. The molecule has 6 rings (SSSR count). The molecule has 3 aromatic heterocycles. The lowest BCUT2D eigenvalue weighted by molar-refractivity contribution is -0.383. The molecule has 0 atom stereocenters. The first-order chi connectivity index (χ1) is 39.2. The minimum atomic E-state index is -4.46. The zero-order valence-corrected chi connectivity index (χ0v) is 47.7. The Morgan fingerprint density at radius 3 is 1.92 bits per heavy atom. The Morgan fingerprint density at radius 2 is 1.38 bits per heavy atom. The van der Waals surface area contributed by atoms with Gasteiger partial charge in [-0.05, 0) is 55.3 Å². The third kappa shape index (κ3) is 23.4. The number of nitrogen functional groups attached to an aromatic ring is 1. The van der Waals surface area contributed by atoms with Gasteiger partial charge >= 0.3 is 37.8 Å². The van der Waals surface area contributed by atoms with Crippen LogP contribution in [-0.4, -0.2) is 150 Å². The minimum absolute atomic E-state index is 0.0352. The Balaban J connectivity index is 0.000000311. The van der Waals surface area contributed by atoms with Gasteiger partial charge in [-0.1, -0.05) is 48.0 Å². The highest BCUT2D eigenvalue weighted by atomic mass is 35.5. The zero-order valence-electron chi connectivity index (χ0n) is 44.4. The average Bonchev–Trinajstić information content (AvgIpc) is 3.49. The van der Waals surface area contributed by atoms with Crippen LogP contribution in [0, 0.1) is 17.0 Å². The molecular weight excluding hydrogens is 1210 g/mol. The van der Waals surface area contributed by atoms with E-state index < -0.39 is 98.3 Å². The summed E-state index contributed by atoms with van der Waals surface area (Å²) in [6.45, 7) is 1.06. The molecule has 32 nitrogen and oxygen atoms in total. The van der Waals surface area contributed by atoms with Gasteiger partial charge in [-0.15, -0.1) is 0 Å². The van der Waals surface area contributed by atoms with Gasteiger partial charge in [0.1, 0.15) is 28.0 Å². The fraction of sp³-hybridized carbons (Fsp3) is 0.244. The maximum atomic E-state index is 12.5. The Hall–Kier alpha value is -9.13. The highest BCUT2D eigenvalue weighted by Gasteiger charge is 2.30. The number of carbonyl (C=O) groups excluding carboxylic acids is 3. The van der Waals surface area contributed by atoms with Crippen LogP contribution in [-0.2, 0) is 35.8 Å². The van der Waals surface area contributed by atoms with E-state index in [1.54, 1.807) is 33.7 Å². The van der Waals surface area contributed by atoms with Gasteiger partial charge in [-0.3, -0.25) is 40.2 Å². The van der Waals surface area contributed by atoms with Crippen LogP contribution in [0.1, 0.15) is 28.2 Å². The number of carbonyl (C=O) groups is 4. The summed E-state index contributed by atoms with van der Waals surface area (Å²) in [5.74, 6) is -0.997. The van der Waals surface area contributed by atoms with Crippen LogP contribution in [0.4, 0.5) is 46.0 Å². The Bertz CT molecular complexity index is 3560. The number of benzene rings is 3. The van der Waals surface area contributed by atoms with Crippen molar-refractivity contribution in [2.24, 2.45) is 0 Å². The second-order valence-corrected chi connectivity index (χ2v) is 21.3. The van der Waals surface area contributed by atoms with Crippen molar-refractivity contribution >= 4 is 86.5 Å². The molecule has 0 bridgehead atoms. The molecule has 0 radical (unpaired) electrons. The molecule has 454 valence electrons. The molecule has 3 heterocycles. The molecule has 0 saturated carbocycles. The van der Waals surface area contributed by atoms with Crippen molar-refractivity contribution in [3.8, 4) is 29.3 Å². The van der Waals surface area contributed by atoms with Crippen molar-refractivity contribution in [2.75, 3.05) is 64.6 Å². The predicted octanol–water partition coefficient (Wildman–Crippen LogP) is 4.71. The molecule has 5 amide bonds. The van der Waals surface area contributed by atoms with Crippen molar-refractivity contribution in [1.82, 2.24) is 49.6 Å². The number of para-hydroxylation sites is 1. The largest absolute Gasteiger partial charge is 0.481 e. The van der Waals surface area contributed by atoms with E-state index in [0.717, 1.165) is 6.07 Å². The standard InChI is InChI=1S/C15H16F3N5O4S.C15H18N6O6S.C12H9ClN2O3.C3H8NO5P/c1-9-19-12(22-14(20-9)27-2)21-13(24)23-28(25,26)11-6-4-3-5-10(11)7-8-15(16,17)18;1-21(2)13(22)9-6-5-7-16-12(9)28(24,25)20-15(23)19-14-17-10(26-3)8-11(18-14)27-4;13-11-10(18-8-4-2-1-3-5-8)7-6-9(12(11)14)15(16)17;5-3(6)1-4-2-10(7,8)9/h3-6H,7-8H2,1-2H3,(H2,19,20,21,22,23,24);5-8H,1-4H3,(H2,17,18,19,20,23);1-7H,14H2;4H,1-2H2,(H,5,6)(H2,7,8,9). The SMILES string of the molecule is COc1cc(OC)nc(NC(=O)NS(=O)(=O)c2ncccc2C(=O)N(C)C)n1.COc1nc(C)nc(NC(=O)NS(=O)(=O)c2ccccc2CCC(F)(F)F)n1.Nc1c([N+](=O)[O-])ccc(Oc2ccccc2)c1Cl.O=C(O)CNCP(=O)(O)O. The summed E-state index contributed by atoms with van der Waals surface area (Å²) in [5.41, 5.74) is 4.99. The summed E-state index contributed by atoms with van der Waals surface area (Å²) < 4.78 is 121. The molecular formula is C45H51ClF3N14O18PS2. The number of rotatable bonds is 19. The van der Waals surface area contributed by atoms with Gasteiger partial charge in [-0.2, -0.15) is 46.5 Å². The molecule has 10 N–H and O–H groups in total. The number of ether oxygens (including phenoxy) is 4. The van der Waals surface area contributed by atoms with Crippen molar-refractivity contribution in [3.05, 3.63) is 123 Å². The number of nitrogens with zero attached hydrogens (tertiary/aromatic N) is 8. The van der Waals surface area contributed by atoms with Gasteiger partial charge in [-0.25, -0.2) is 32.4 Å². The van der Waals surface area contributed by atoms with E-state index >= 15 is 0 Å². The number of halogens is 4. The number of aliphatic carboxylic acids is 1. The van der Waals surface area contributed by atoms with Crippen LogP contribution < -0.4 is 50.1 Å². The number of hydrogen-bond acceptors (Lipinski definition) is 23. The topological polar surface area (TPSA) is 461 Å². The number of alkyl halides is 3. The molecule has 0 aliphatic heterocycles. The summed E-state index contributed by atoms with van der Waals surface area (Å²) >= 11 is 5.94.